The van der Waals surface area contributed by atoms with Gasteiger partial charge in [-0.2, -0.15) is 0 Å². The van der Waals surface area contributed by atoms with Crippen molar-refractivity contribution in [3.8, 4) is 0 Å². The quantitative estimate of drug-likeness (QED) is 0.746. The van der Waals surface area contributed by atoms with Crippen molar-refractivity contribution < 1.29 is 4.79 Å². The zero-order valence-corrected chi connectivity index (χ0v) is 18.4. The lowest BCUT2D eigenvalue weighted by molar-refractivity contribution is 0.0925. The third-order valence-electron chi connectivity index (χ3n) is 5.77. The van der Waals surface area contributed by atoms with E-state index in [0.29, 0.717) is 5.92 Å². The number of carbonyl (C=O) groups excluding carboxylic acids is 1. The van der Waals surface area contributed by atoms with Crippen LogP contribution in [0.5, 0.6) is 0 Å². The zero-order valence-electron chi connectivity index (χ0n) is 16.8. The van der Waals surface area contributed by atoms with E-state index in [1.165, 1.54) is 0 Å². The van der Waals surface area contributed by atoms with Crippen LogP contribution in [0.3, 0.4) is 0 Å². The molecule has 1 aliphatic heterocycles. The van der Waals surface area contributed by atoms with E-state index in [1.807, 2.05) is 37.0 Å². The van der Waals surface area contributed by atoms with Gasteiger partial charge in [0.1, 0.15) is 11.4 Å². The van der Waals surface area contributed by atoms with Gasteiger partial charge >= 0.3 is 0 Å². The Kier molecular flexibility index (Phi) is 7.91. The highest BCUT2D eigenvalue weighted by atomic mass is 35.5. The van der Waals surface area contributed by atoms with Crippen molar-refractivity contribution in [1.29, 1.82) is 0 Å². The molecule has 0 bridgehead atoms. The van der Waals surface area contributed by atoms with Crippen molar-refractivity contribution in [2.24, 2.45) is 13.0 Å². The molecule has 3 heterocycles. The summed E-state index contributed by atoms with van der Waals surface area (Å²) in [7, 11) is 1.93. The van der Waals surface area contributed by atoms with Crippen LogP contribution in [-0.2, 0) is 7.05 Å². The van der Waals surface area contributed by atoms with Gasteiger partial charge in [-0.25, -0.2) is 4.98 Å². The highest BCUT2D eigenvalue weighted by molar-refractivity contribution is 5.95. The van der Waals surface area contributed by atoms with Crippen LogP contribution in [0.15, 0.2) is 29.5 Å². The van der Waals surface area contributed by atoms with E-state index in [0.717, 1.165) is 50.2 Å². The number of pyridine rings is 1. The number of nitrogens with zero attached hydrogens (tertiary/aromatic N) is 3. The zero-order chi connectivity index (χ0) is 19.0. The van der Waals surface area contributed by atoms with E-state index < -0.39 is 0 Å². The molecule has 2 aromatic rings. The monoisotopic (exact) mass is 441 g/mol. The minimum absolute atomic E-state index is 0. The molecule has 0 aromatic carbocycles. The summed E-state index contributed by atoms with van der Waals surface area (Å²) in [6, 6.07) is 1.88. The summed E-state index contributed by atoms with van der Waals surface area (Å²) in [6.07, 6.45) is 9.42. The van der Waals surface area contributed by atoms with Crippen molar-refractivity contribution in [2.45, 2.75) is 44.7 Å². The number of rotatable bonds is 5. The maximum absolute atomic E-state index is 13.1. The second-order valence-electron chi connectivity index (χ2n) is 7.75. The van der Waals surface area contributed by atoms with Crippen LogP contribution in [-0.4, -0.2) is 33.1 Å². The molecule has 9 heteroatoms. The van der Waals surface area contributed by atoms with Gasteiger partial charge in [-0.1, -0.05) is 0 Å². The maximum atomic E-state index is 13.1. The predicted octanol–water partition coefficient (Wildman–Crippen LogP) is 2.54. The van der Waals surface area contributed by atoms with Gasteiger partial charge in [0.05, 0.1) is 6.04 Å². The van der Waals surface area contributed by atoms with E-state index in [9.17, 15) is 9.59 Å². The Bertz CT molecular complexity index is 901. The average molecular weight is 442 g/mol. The van der Waals surface area contributed by atoms with Crippen LogP contribution in [0.2, 0.25) is 0 Å². The number of aromatic nitrogens is 3. The van der Waals surface area contributed by atoms with Gasteiger partial charge in [-0.05, 0) is 63.2 Å². The summed E-state index contributed by atoms with van der Waals surface area (Å²) in [5.41, 5.74) is 0.793. The van der Waals surface area contributed by atoms with Gasteiger partial charge in [0, 0.05) is 31.7 Å². The molecule has 0 radical (unpaired) electrons. The largest absolute Gasteiger partial charge is 0.342 e. The molecule has 1 saturated heterocycles. The van der Waals surface area contributed by atoms with Crippen LogP contribution < -0.4 is 16.2 Å². The molecule has 7 nitrogen and oxygen atoms in total. The second-order valence-corrected chi connectivity index (χ2v) is 7.75. The first-order chi connectivity index (χ1) is 13.1. The average Bonchev–Trinajstić information content (AvgIpc) is 3.42. The molecule has 4 rings (SSSR count). The molecule has 2 aliphatic rings. The molecular formula is C20H29Cl2N5O2. The minimum atomic E-state index is -0.291. The Morgan fingerprint density at radius 1 is 1.21 bits per heavy atom. The summed E-state index contributed by atoms with van der Waals surface area (Å²) in [5.74, 6) is 0.949. The first-order valence-corrected chi connectivity index (χ1v) is 9.77. The molecule has 1 saturated carbocycles. The van der Waals surface area contributed by atoms with Crippen LogP contribution in [0.1, 0.15) is 59.5 Å². The summed E-state index contributed by atoms with van der Waals surface area (Å²) >= 11 is 0. The third kappa shape index (κ3) is 4.85. The summed E-state index contributed by atoms with van der Waals surface area (Å²) in [5, 5.41) is 6.42. The van der Waals surface area contributed by atoms with E-state index in [4.69, 9.17) is 0 Å². The van der Waals surface area contributed by atoms with Crippen LogP contribution in [0.25, 0.3) is 0 Å². The number of carbonyl (C=O) groups is 1. The first kappa shape index (κ1) is 23.4. The van der Waals surface area contributed by atoms with E-state index in [2.05, 4.69) is 15.6 Å². The number of piperidine rings is 1. The molecule has 1 atom stereocenters. The van der Waals surface area contributed by atoms with Gasteiger partial charge in [-0.3, -0.25) is 9.59 Å². The van der Waals surface area contributed by atoms with E-state index >= 15 is 0 Å². The van der Waals surface area contributed by atoms with Crippen molar-refractivity contribution >= 4 is 30.7 Å². The van der Waals surface area contributed by atoms with Gasteiger partial charge in [0.25, 0.3) is 11.5 Å². The van der Waals surface area contributed by atoms with Gasteiger partial charge in [0.2, 0.25) is 0 Å². The molecule has 160 valence electrons. The standard InChI is InChI=1S/C20H27N5O2.2ClH/c1-13-7-11-25(15-5-8-21-9-6-15)20(27)16(13)19(26)23-17(14-3-4-14)18-22-10-12-24(18)2;;/h7,10-12,14-15,17,21H,3-6,8-9H2,1-2H3,(H,23,26);2*1H. The van der Waals surface area contributed by atoms with Crippen molar-refractivity contribution in [3.63, 3.8) is 0 Å². The lowest BCUT2D eigenvalue weighted by atomic mass is 10.0. The number of amides is 1. The molecule has 2 N–H and O–H groups in total. The molecule has 1 unspecified atom stereocenters. The normalized spacial score (nSPS) is 17.7. The Labute approximate surface area is 183 Å². The molecule has 2 aromatic heterocycles. The lowest BCUT2D eigenvalue weighted by Crippen LogP contribution is -2.40. The number of imidazole rings is 1. The van der Waals surface area contributed by atoms with Crippen LogP contribution >= 0.6 is 24.8 Å². The Hall–Kier alpha value is -1.83. The fourth-order valence-electron chi connectivity index (χ4n) is 4.00. The van der Waals surface area contributed by atoms with Crippen molar-refractivity contribution in [2.75, 3.05) is 13.1 Å². The summed E-state index contributed by atoms with van der Waals surface area (Å²) in [6.45, 7) is 3.63. The highest BCUT2D eigenvalue weighted by Crippen LogP contribution is 2.40. The lowest BCUT2D eigenvalue weighted by Gasteiger charge is -2.25. The number of hydrogen-bond donors (Lipinski definition) is 2. The van der Waals surface area contributed by atoms with Gasteiger partial charge in [-0.15, -0.1) is 24.8 Å². The molecule has 1 amide bonds. The fraction of sp³-hybridized carbons (Fsp3) is 0.550. The number of halogens is 2. The van der Waals surface area contributed by atoms with Gasteiger partial charge in [0.15, 0.2) is 0 Å². The van der Waals surface area contributed by atoms with E-state index in [1.54, 1.807) is 10.8 Å². The molecule has 0 spiro atoms. The van der Waals surface area contributed by atoms with Crippen LogP contribution in [0, 0.1) is 12.8 Å². The molecule has 29 heavy (non-hydrogen) atoms. The second kappa shape index (κ2) is 9.78. The maximum Gasteiger partial charge on any atom is 0.263 e. The third-order valence-corrected chi connectivity index (χ3v) is 5.77. The predicted molar refractivity (Wildman–Crippen MR) is 117 cm³/mol. The van der Waals surface area contributed by atoms with Gasteiger partial charge < -0.3 is 19.8 Å². The topological polar surface area (TPSA) is 81.0 Å². The minimum Gasteiger partial charge on any atom is -0.342 e. The van der Waals surface area contributed by atoms with Crippen LogP contribution in [0.4, 0.5) is 0 Å². The van der Waals surface area contributed by atoms with Crippen molar-refractivity contribution in [1.82, 2.24) is 24.8 Å². The Balaban J connectivity index is 0.00000150. The SMILES string of the molecule is Cc1ccn(C2CCNCC2)c(=O)c1C(=O)NC(c1nccn1C)C1CC1.Cl.Cl. The Morgan fingerprint density at radius 3 is 2.48 bits per heavy atom. The fourth-order valence-corrected chi connectivity index (χ4v) is 4.00. The number of hydrogen-bond acceptors (Lipinski definition) is 4. The smallest absolute Gasteiger partial charge is 0.263 e. The molecule has 1 aliphatic carbocycles. The highest BCUT2D eigenvalue weighted by Gasteiger charge is 2.36. The number of nitrogens with one attached hydrogen (secondary N) is 2. The van der Waals surface area contributed by atoms with E-state index in [-0.39, 0.29) is 53.9 Å². The number of aryl methyl sites for hydroxylation is 2. The summed E-state index contributed by atoms with van der Waals surface area (Å²) < 4.78 is 3.68. The first-order valence-electron chi connectivity index (χ1n) is 9.77. The molecule has 2 fully saturated rings. The molecular weight excluding hydrogens is 413 g/mol. The Morgan fingerprint density at radius 2 is 1.90 bits per heavy atom. The van der Waals surface area contributed by atoms with Crippen molar-refractivity contribution in [3.05, 3.63) is 52.0 Å². The summed E-state index contributed by atoms with van der Waals surface area (Å²) in [4.78, 5) is 30.6.